The summed E-state index contributed by atoms with van der Waals surface area (Å²) in [5, 5.41) is 20.3. The minimum atomic E-state index is -0.673. The molecule has 0 aliphatic heterocycles. The Morgan fingerprint density at radius 3 is 2.67 bits per heavy atom. The highest BCUT2D eigenvalue weighted by Gasteiger charge is 2.30. The van der Waals surface area contributed by atoms with Crippen LogP contribution in [0.15, 0.2) is 24.1 Å². The van der Waals surface area contributed by atoms with Crippen LogP contribution in [0.1, 0.15) is 19.8 Å². The number of rotatable bonds is 5. The van der Waals surface area contributed by atoms with Gasteiger partial charge >= 0.3 is 0 Å². The van der Waals surface area contributed by atoms with E-state index in [9.17, 15) is 9.90 Å². The van der Waals surface area contributed by atoms with Crippen molar-refractivity contribution in [1.29, 1.82) is 5.41 Å². The number of nitrogens with two attached hydrogens (primary N) is 2. The van der Waals surface area contributed by atoms with Crippen molar-refractivity contribution in [2.75, 3.05) is 0 Å². The highest BCUT2D eigenvalue weighted by atomic mass is 16.3. The van der Waals surface area contributed by atoms with Gasteiger partial charge in [-0.3, -0.25) is 10.1 Å². The van der Waals surface area contributed by atoms with Gasteiger partial charge in [0.15, 0.2) is 0 Å². The minimum Gasteiger partial charge on any atom is -0.509 e. The van der Waals surface area contributed by atoms with Crippen LogP contribution in [-0.4, -0.2) is 28.8 Å². The van der Waals surface area contributed by atoms with Gasteiger partial charge in [-0.2, -0.15) is 0 Å². The number of amides is 1. The van der Waals surface area contributed by atoms with Crippen LogP contribution in [0.5, 0.6) is 0 Å². The summed E-state index contributed by atoms with van der Waals surface area (Å²) in [4.78, 5) is 11.3. The van der Waals surface area contributed by atoms with Gasteiger partial charge in [0.25, 0.3) is 0 Å². The normalized spacial score (nSPS) is 25.7. The number of primary amides is 1. The summed E-state index contributed by atoms with van der Waals surface area (Å²) in [5.41, 5.74) is 10.8. The minimum absolute atomic E-state index is 0.125. The number of carbonyl (C=O) groups excluding carboxylic acids is 1. The van der Waals surface area contributed by atoms with Crippen LogP contribution < -0.4 is 16.8 Å². The second kappa shape index (κ2) is 6.20. The van der Waals surface area contributed by atoms with Crippen molar-refractivity contribution in [1.82, 2.24) is 5.32 Å². The van der Waals surface area contributed by atoms with Crippen molar-refractivity contribution >= 4 is 11.6 Å². The lowest BCUT2D eigenvalue weighted by molar-refractivity contribution is -0.122. The molecule has 6 heteroatoms. The molecule has 7 N–H and O–H groups in total. The average molecular weight is 252 g/mol. The lowest BCUT2D eigenvalue weighted by atomic mass is 9.87. The van der Waals surface area contributed by atoms with E-state index in [0.717, 1.165) is 6.20 Å². The van der Waals surface area contributed by atoms with Gasteiger partial charge in [0.2, 0.25) is 5.91 Å². The molecule has 100 valence electrons. The summed E-state index contributed by atoms with van der Waals surface area (Å²) in [6.45, 7) is 1.56. The third-order valence-electron chi connectivity index (χ3n) is 3.08. The topological polar surface area (TPSA) is 125 Å². The first-order valence-electron chi connectivity index (χ1n) is 5.83. The quantitative estimate of drug-likeness (QED) is 0.271. The molecule has 0 saturated carbocycles. The van der Waals surface area contributed by atoms with Crippen molar-refractivity contribution in [2.24, 2.45) is 17.4 Å². The first-order chi connectivity index (χ1) is 8.47. The van der Waals surface area contributed by atoms with Crippen molar-refractivity contribution in [2.45, 2.75) is 31.8 Å². The van der Waals surface area contributed by atoms with Gasteiger partial charge in [-0.25, -0.2) is 0 Å². The van der Waals surface area contributed by atoms with E-state index in [0.29, 0.717) is 12.8 Å². The van der Waals surface area contributed by atoms with E-state index < -0.39 is 6.04 Å². The second-order valence-electron chi connectivity index (χ2n) is 4.43. The van der Waals surface area contributed by atoms with Crippen molar-refractivity contribution in [3.8, 4) is 0 Å². The van der Waals surface area contributed by atoms with Gasteiger partial charge in [0.05, 0.1) is 5.92 Å². The molecule has 0 aromatic carbocycles. The van der Waals surface area contributed by atoms with Gasteiger partial charge in [0, 0.05) is 18.0 Å². The first-order valence-corrected chi connectivity index (χ1v) is 5.83. The Bertz CT molecular complexity index is 390. The standard InChI is InChI=1S/C12H20N4O2/c1-7(14)11(10(17)6-13)16-9-5-3-2-4-8(9)12(15)18/h2-3,6,8-9,11,14,16-17H,4-5,13H2,1H3,(H2,15,18)/b10-6+,14-7?. The van der Waals surface area contributed by atoms with Crippen LogP contribution >= 0.6 is 0 Å². The monoisotopic (exact) mass is 252 g/mol. The highest BCUT2D eigenvalue weighted by molar-refractivity contribution is 5.87. The number of carbonyl (C=O) groups is 1. The summed E-state index contributed by atoms with van der Waals surface area (Å²) in [5.74, 6) is -0.836. The summed E-state index contributed by atoms with van der Waals surface area (Å²) in [6, 6.07) is -0.867. The first kappa shape index (κ1) is 14.2. The SMILES string of the molecule is CC(=N)C(NC1CC=CCC1C(N)=O)/C(O)=C\N. The molecule has 0 heterocycles. The molecule has 18 heavy (non-hydrogen) atoms. The third kappa shape index (κ3) is 3.33. The van der Waals surface area contributed by atoms with Crippen LogP contribution in [0.2, 0.25) is 0 Å². The molecular formula is C12H20N4O2. The van der Waals surface area contributed by atoms with E-state index in [1.807, 2.05) is 12.2 Å². The second-order valence-corrected chi connectivity index (χ2v) is 4.43. The maximum atomic E-state index is 11.3. The average Bonchev–Trinajstić information content (AvgIpc) is 2.34. The molecule has 0 bridgehead atoms. The van der Waals surface area contributed by atoms with Crippen LogP contribution in [0.25, 0.3) is 0 Å². The number of allylic oxidation sites excluding steroid dienone is 1. The predicted molar refractivity (Wildman–Crippen MR) is 70.1 cm³/mol. The fourth-order valence-corrected chi connectivity index (χ4v) is 2.06. The molecule has 0 fully saturated rings. The Kier molecular flexibility index (Phi) is 4.91. The largest absolute Gasteiger partial charge is 0.509 e. The third-order valence-corrected chi connectivity index (χ3v) is 3.08. The molecule has 1 amide bonds. The number of hydrogen-bond donors (Lipinski definition) is 5. The fraction of sp³-hybridized carbons (Fsp3) is 0.500. The Morgan fingerprint density at radius 2 is 2.17 bits per heavy atom. The van der Waals surface area contributed by atoms with E-state index in [4.69, 9.17) is 16.9 Å². The Hall–Kier alpha value is -1.82. The number of aliphatic hydroxyl groups excluding tert-OH is 1. The zero-order chi connectivity index (χ0) is 13.7. The molecule has 0 saturated heterocycles. The Balaban J connectivity index is 2.82. The molecule has 1 rings (SSSR count). The smallest absolute Gasteiger partial charge is 0.222 e. The van der Waals surface area contributed by atoms with Gasteiger partial charge < -0.3 is 22.0 Å². The van der Waals surface area contributed by atoms with E-state index in [1.54, 1.807) is 6.92 Å². The molecule has 3 atom stereocenters. The Labute approximate surface area is 106 Å². The maximum absolute atomic E-state index is 11.3. The van der Waals surface area contributed by atoms with E-state index >= 15 is 0 Å². The van der Waals surface area contributed by atoms with Crippen LogP contribution in [-0.2, 0) is 4.79 Å². The van der Waals surface area contributed by atoms with E-state index in [1.165, 1.54) is 0 Å². The van der Waals surface area contributed by atoms with Gasteiger partial charge in [0.1, 0.15) is 11.8 Å². The fourth-order valence-electron chi connectivity index (χ4n) is 2.06. The molecular weight excluding hydrogens is 232 g/mol. The molecule has 0 aromatic rings. The molecule has 1 aliphatic carbocycles. The van der Waals surface area contributed by atoms with Crippen molar-refractivity contribution in [3.63, 3.8) is 0 Å². The van der Waals surface area contributed by atoms with Gasteiger partial charge in [-0.1, -0.05) is 12.2 Å². The van der Waals surface area contributed by atoms with Crippen molar-refractivity contribution < 1.29 is 9.90 Å². The lowest BCUT2D eigenvalue weighted by Crippen LogP contribution is -2.50. The van der Waals surface area contributed by atoms with Crippen molar-refractivity contribution in [3.05, 3.63) is 24.1 Å². The highest BCUT2D eigenvalue weighted by Crippen LogP contribution is 2.20. The zero-order valence-corrected chi connectivity index (χ0v) is 10.4. The van der Waals surface area contributed by atoms with Crippen LogP contribution in [0.4, 0.5) is 0 Å². The van der Waals surface area contributed by atoms with Crippen LogP contribution in [0, 0.1) is 11.3 Å². The maximum Gasteiger partial charge on any atom is 0.222 e. The molecule has 0 aromatic heterocycles. The van der Waals surface area contributed by atoms with E-state index in [-0.39, 0.29) is 29.3 Å². The number of nitrogens with one attached hydrogen (secondary N) is 2. The number of hydrogen-bond acceptors (Lipinski definition) is 5. The van der Waals surface area contributed by atoms with E-state index in [2.05, 4.69) is 5.32 Å². The molecule has 0 spiro atoms. The summed E-state index contributed by atoms with van der Waals surface area (Å²) < 4.78 is 0. The van der Waals surface area contributed by atoms with Gasteiger partial charge in [-0.15, -0.1) is 0 Å². The predicted octanol–water partition coefficient (Wildman–Crippen LogP) is 0.162. The van der Waals surface area contributed by atoms with Gasteiger partial charge in [-0.05, 0) is 19.8 Å². The summed E-state index contributed by atoms with van der Waals surface area (Å²) in [7, 11) is 0. The molecule has 3 unspecified atom stereocenters. The summed E-state index contributed by atoms with van der Waals surface area (Å²) >= 11 is 0. The summed E-state index contributed by atoms with van der Waals surface area (Å²) in [6.07, 6.45) is 6.13. The zero-order valence-electron chi connectivity index (χ0n) is 10.4. The van der Waals surface area contributed by atoms with Crippen LogP contribution in [0.3, 0.4) is 0 Å². The lowest BCUT2D eigenvalue weighted by Gasteiger charge is -2.30. The molecule has 6 nitrogen and oxygen atoms in total. The number of aliphatic hydroxyl groups is 1. The Morgan fingerprint density at radius 1 is 1.56 bits per heavy atom. The molecule has 1 aliphatic rings. The molecule has 0 radical (unpaired) electrons.